The normalized spacial score (nSPS) is 28.6. The first kappa shape index (κ1) is 22.7. The molecule has 2 fully saturated rings. The zero-order valence-electron chi connectivity index (χ0n) is 20.7. The van der Waals surface area contributed by atoms with Crippen molar-refractivity contribution in [2.45, 2.75) is 84.7 Å². The van der Waals surface area contributed by atoms with Gasteiger partial charge < -0.3 is 9.88 Å². The number of hydrogen-bond donors (Lipinski definition) is 1. The van der Waals surface area contributed by atoms with E-state index in [4.69, 9.17) is 0 Å². The second-order valence-corrected chi connectivity index (χ2v) is 12.1. The van der Waals surface area contributed by atoms with E-state index in [9.17, 15) is 4.79 Å². The number of nitrogens with zero attached hydrogens (tertiary/aromatic N) is 1. The number of carbonyl (C=O) groups is 1. The highest BCUT2D eigenvalue weighted by Gasteiger charge is 2.41. The number of carbonyl (C=O) groups excluding carboxylic acids is 1. The molecule has 1 N–H and O–H groups in total. The van der Waals surface area contributed by atoms with Crippen LogP contribution in [-0.2, 0) is 4.79 Å². The standard InChI is InChI=1S/C29H38N2OS/c1-17-11-22-13-19(3)20(4)14-23(12-17)31(22)27(32)15-21(5)24-16-30-25-9-8-18(2)28(29(24)25)26-7-6-10-33-26/h6-10,16-17,19-23,30H,11-15H2,1-5H3. The molecule has 1 amide bonds. The van der Waals surface area contributed by atoms with E-state index in [1.165, 1.54) is 45.3 Å². The number of nitrogens with one attached hydrogen (secondary N) is 1. The highest BCUT2D eigenvalue weighted by Crippen LogP contribution is 2.42. The van der Waals surface area contributed by atoms with Crippen molar-refractivity contribution in [1.29, 1.82) is 0 Å². The lowest BCUT2D eigenvalue weighted by atomic mass is 9.85. The van der Waals surface area contributed by atoms with Gasteiger partial charge in [-0.15, -0.1) is 11.3 Å². The molecule has 2 saturated heterocycles. The maximum atomic E-state index is 13.8. The summed E-state index contributed by atoms with van der Waals surface area (Å²) in [6.07, 6.45) is 7.41. The van der Waals surface area contributed by atoms with Crippen molar-refractivity contribution in [2.75, 3.05) is 0 Å². The first-order valence-corrected chi connectivity index (χ1v) is 13.7. The van der Waals surface area contributed by atoms with Gasteiger partial charge in [0.05, 0.1) is 0 Å². The van der Waals surface area contributed by atoms with Crippen molar-refractivity contribution in [3.05, 3.63) is 47.0 Å². The lowest BCUT2D eigenvalue weighted by Crippen LogP contribution is -2.51. The molecule has 5 rings (SSSR count). The SMILES string of the molecule is Cc1ccc2[nH]cc(C(C)CC(=O)N3C4CC(C)CC3CC(C)C(C)C4)c2c1-c1cccs1. The summed E-state index contributed by atoms with van der Waals surface area (Å²) in [5.41, 5.74) is 5.06. The Bertz CT molecular complexity index is 1110. The highest BCUT2D eigenvalue weighted by molar-refractivity contribution is 7.13. The Morgan fingerprint density at radius 3 is 2.42 bits per heavy atom. The molecule has 2 aliphatic rings. The van der Waals surface area contributed by atoms with Crippen molar-refractivity contribution < 1.29 is 4.79 Å². The molecule has 2 aliphatic heterocycles. The van der Waals surface area contributed by atoms with Crippen LogP contribution < -0.4 is 0 Å². The second kappa shape index (κ2) is 8.94. The number of thiophene rings is 1. The predicted octanol–water partition coefficient (Wildman–Crippen LogP) is 7.76. The minimum absolute atomic E-state index is 0.183. The first-order valence-electron chi connectivity index (χ1n) is 12.8. The number of benzene rings is 1. The summed E-state index contributed by atoms with van der Waals surface area (Å²) in [7, 11) is 0. The summed E-state index contributed by atoms with van der Waals surface area (Å²) in [6, 6.07) is 9.56. The number of rotatable bonds is 4. The number of aromatic nitrogens is 1. The lowest BCUT2D eigenvalue weighted by molar-refractivity contribution is -0.139. The van der Waals surface area contributed by atoms with Crippen LogP contribution in [0.4, 0.5) is 0 Å². The van der Waals surface area contributed by atoms with Crippen LogP contribution >= 0.6 is 11.3 Å². The molecule has 1 aromatic carbocycles. The molecule has 33 heavy (non-hydrogen) atoms. The molecule has 0 radical (unpaired) electrons. The Hall–Kier alpha value is -2.07. The Morgan fingerprint density at radius 1 is 1.09 bits per heavy atom. The molecule has 5 unspecified atom stereocenters. The molecule has 3 nitrogen and oxygen atoms in total. The third kappa shape index (κ3) is 4.16. The second-order valence-electron chi connectivity index (χ2n) is 11.1. The van der Waals surface area contributed by atoms with Gasteiger partial charge in [0.1, 0.15) is 0 Å². The Morgan fingerprint density at radius 2 is 1.79 bits per heavy atom. The van der Waals surface area contributed by atoms with Crippen molar-refractivity contribution in [1.82, 2.24) is 9.88 Å². The van der Waals surface area contributed by atoms with Gasteiger partial charge in [-0.05, 0) is 84.9 Å². The van der Waals surface area contributed by atoms with Gasteiger partial charge in [0, 0.05) is 46.0 Å². The maximum Gasteiger partial charge on any atom is 0.223 e. The topological polar surface area (TPSA) is 36.1 Å². The quantitative estimate of drug-likeness (QED) is 0.422. The molecular formula is C29H38N2OS. The van der Waals surface area contributed by atoms with Crippen LogP contribution in [0.1, 0.15) is 76.8 Å². The van der Waals surface area contributed by atoms with Gasteiger partial charge in [-0.3, -0.25) is 4.79 Å². The van der Waals surface area contributed by atoms with Crippen LogP contribution in [0.25, 0.3) is 21.3 Å². The number of amides is 1. The van der Waals surface area contributed by atoms with E-state index in [0.29, 0.717) is 36.2 Å². The zero-order valence-corrected chi connectivity index (χ0v) is 21.5. The average Bonchev–Trinajstić information content (AvgIpc) is 3.41. The minimum Gasteiger partial charge on any atom is -0.361 e. The van der Waals surface area contributed by atoms with E-state index in [-0.39, 0.29) is 5.92 Å². The molecule has 3 aromatic rings. The molecule has 176 valence electrons. The predicted molar refractivity (Wildman–Crippen MR) is 140 cm³/mol. The largest absolute Gasteiger partial charge is 0.361 e. The van der Waals surface area contributed by atoms with Crippen LogP contribution in [0.3, 0.4) is 0 Å². The highest BCUT2D eigenvalue weighted by atomic mass is 32.1. The van der Waals surface area contributed by atoms with E-state index in [1.807, 2.05) is 0 Å². The van der Waals surface area contributed by atoms with Gasteiger partial charge >= 0.3 is 0 Å². The fraction of sp³-hybridized carbons (Fsp3) is 0.552. The molecule has 2 aromatic heterocycles. The number of aromatic amines is 1. The number of H-pyrrole nitrogens is 1. The van der Waals surface area contributed by atoms with Gasteiger partial charge in [0.25, 0.3) is 0 Å². The summed E-state index contributed by atoms with van der Waals surface area (Å²) < 4.78 is 0. The van der Waals surface area contributed by atoms with Gasteiger partial charge in [0.15, 0.2) is 0 Å². The van der Waals surface area contributed by atoms with Crippen molar-refractivity contribution in [3.63, 3.8) is 0 Å². The van der Waals surface area contributed by atoms with Crippen LogP contribution in [0.5, 0.6) is 0 Å². The van der Waals surface area contributed by atoms with Gasteiger partial charge in [-0.25, -0.2) is 0 Å². The van der Waals surface area contributed by atoms with Crippen molar-refractivity contribution in [2.24, 2.45) is 17.8 Å². The fourth-order valence-corrected chi connectivity index (χ4v) is 7.50. The maximum absolute atomic E-state index is 13.8. The molecule has 2 bridgehead atoms. The molecular weight excluding hydrogens is 424 g/mol. The van der Waals surface area contributed by atoms with Crippen LogP contribution in [0, 0.1) is 24.7 Å². The zero-order chi connectivity index (χ0) is 23.3. The summed E-state index contributed by atoms with van der Waals surface area (Å²) in [6.45, 7) is 11.6. The number of fused-ring (bicyclic) bond motifs is 3. The summed E-state index contributed by atoms with van der Waals surface area (Å²) in [4.78, 5) is 21.0. The fourth-order valence-electron chi connectivity index (χ4n) is 6.66. The molecule has 5 atom stereocenters. The van der Waals surface area contributed by atoms with Gasteiger partial charge in [0.2, 0.25) is 5.91 Å². The number of aryl methyl sites for hydroxylation is 1. The van der Waals surface area contributed by atoms with Gasteiger partial charge in [-0.1, -0.05) is 39.8 Å². The summed E-state index contributed by atoms with van der Waals surface area (Å²) in [5.74, 6) is 2.67. The monoisotopic (exact) mass is 462 g/mol. The number of hydrogen-bond acceptors (Lipinski definition) is 2. The third-order valence-electron chi connectivity index (χ3n) is 8.55. The van der Waals surface area contributed by atoms with E-state index in [1.54, 1.807) is 11.3 Å². The third-order valence-corrected chi connectivity index (χ3v) is 9.43. The van der Waals surface area contributed by atoms with E-state index in [2.05, 4.69) is 80.3 Å². The molecule has 4 heterocycles. The summed E-state index contributed by atoms with van der Waals surface area (Å²) >= 11 is 1.79. The van der Waals surface area contributed by atoms with Crippen LogP contribution in [0.2, 0.25) is 0 Å². The van der Waals surface area contributed by atoms with Crippen molar-refractivity contribution >= 4 is 28.1 Å². The number of piperidine rings is 1. The lowest BCUT2D eigenvalue weighted by Gasteiger charge is -2.44. The summed E-state index contributed by atoms with van der Waals surface area (Å²) in [5, 5.41) is 3.44. The molecule has 0 spiro atoms. The Kier molecular flexibility index (Phi) is 6.15. The average molecular weight is 463 g/mol. The molecule has 4 heteroatoms. The first-order chi connectivity index (χ1) is 15.8. The van der Waals surface area contributed by atoms with E-state index < -0.39 is 0 Å². The van der Waals surface area contributed by atoms with Gasteiger partial charge in [-0.2, -0.15) is 0 Å². The Balaban J connectivity index is 1.45. The van der Waals surface area contributed by atoms with E-state index >= 15 is 0 Å². The molecule has 0 aliphatic carbocycles. The van der Waals surface area contributed by atoms with Crippen LogP contribution in [-0.4, -0.2) is 27.9 Å². The van der Waals surface area contributed by atoms with E-state index in [0.717, 1.165) is 18.8 Å². The Labute approximate surface area is 202 Å². The van der Waals surface area contributed by atoms with Crippen LogP contribution in [0.15, 0.2) is 35.8 Å². The van der Waals surface area contributed by atoms with Crippen molar-refractivity contribution in [3.8, 4) is 10.4 Å². The minimum atomic E-state index is 0.183. The smallest absolute Gasteiger partial charge is 0.223 e. The molecule has 0 saturated carbocycles.